The van der Waals surface area contributed by atoms with E-state index in [1.165, 1.54) is 5.56 Å². The van der Waals surface area contributed by atoms with Crippen LogP contribution in [0.15, 0.2) is 78.9 Å². The Balaban J connectivity index is 1.49. The Labute approximate surface area is 195 Å². The first-order valence-corrected chi connectivity index (χ1v) is 11.4. The number of hydrogen-bond acceptors (Lipinski definition) is 3. The van der Waals surface area contributed by atoms with Crippen LogP contribution in [0, 0.1) is 11.3 Å². The number of amides is 2. The zero-order chi connectivity index (χ0) is 23.0. The van der Waals surface area contributed by atoms with Crippen LogP contribution in [0.2, 0.25) is 0 Å². The second-order valence-corrected chi connectivity index (χ2v) is 8.51. The molecule has 0 aliphatic heterocycles. The summed E-state index contributed by atoms with van der Waals surface area (Å²) in [5, 5.41) is 12.0. The molecule has 0 saturated heterocycles. The first kappa shape index (κ1) is 22.4. The van der Waals surface area contributed by atoms with E-state index in [0.29, 0.717) is 23.7 Å². The summed E-state index contributed by atoms with van der Waals surface area (Å²) in [5.41, 5.74) is 3.72. The molecule has 33 heavy (non-hydrogen) atoms. The third-order valence-corrected chi connectivity index (χ3v) is 6.45. The van der Waals surface area contributed by atoms with Gasteiger partial charge < -0.3 is 15.0 Å². The van der Waals surface area contributed by atoms with Gasteiger partial charge >= 0.3 is 6.03 Å². The number of carbonyl (C=O) groups is 1. The van der Waals surface area contributed by atoms with E-state index in [9.17, 15) is 4.79 Å². The van der Waals surface area contributed by atoms with Crippen molar-refractivity contribution in [3.05, 3.63) is 95.6 Å². The fourth-order valence-corrected chi connectivity index (χ4v) is 4.56. The predicted octanol–water partition coefficient (Wildman–Crippen LogP) is 6.33. The van der Waals surface area contributed by atoms with Crippen molar-refractivity contribution in [3.63, 3.8) is 0 Å². The van der Waals surface area contributed by atoms with Gasteiger partial charge in [-0.2, -0.15) is 5.26 Å². The first-order valence-electron chi connectivity index (χ1n) is 11.4. The number of nitrogens with zero attached hydrogens (tertiary/aromatic N) is 2. The van der Waals surface area contributed by atoms with Gasteiger partial charge in [0.1, 0.15) is 5.75 Å². The van der Waals surface area contributed by atoms with Gasteiger partial charge in [-0.1, -0.05) is 42.5 Å². The smallest absolute Gasteiger partial charge is 0.322 e. The fraction of sp³-hybridized carbons (Fsp3) is 0.286. The number of benzene rings is 3. The Morgan fingerprint density at radius 3 is 2.24 bits per heavy atom. The maximum atomic E-state index is 13.4. The van der Waals surface area contributed by atoms with Crippen LogP contribution < -0.4 is 10.1 Å². The van der Waals surface area contributed by atoms with E-state index in [-0.39, 0.29) is 12.1 Å². The third kappa shape index (κ3) is 5.72. The highest BCUT2D eigenvalue weighted by Gasteiger charge is 2.29. The van der Waals surface area contributed by atoms with Crippen molar-refractivity contribution in [1.82, 2.24) is 4.90 Å². The lowest BCUT2D eigenvalue weighted by atomic mass is 9.81. The minimum Gasteiger partial charge on any atom is -0.497 e. The van der Waals surface area contributed by atoms with Crippen molar-refractivity contribution in [1.29, 1.82) is 5.26 Å². The largest absolute Gasteiger partial charge is 0.497 e. The molecule has 0 bridgehead atoms. The lowest BCUT2D eigenvalue weighted by molar-refractivity contribution is 0.158. The Bertz CT molecular complexity index is 1080. The molecule has 168 valence electrons. The molecule has 0 spiro atoms. The fourth-order valence-electron chi connectivity index (χ4n) is 4.56. The summed E-state index contributed by atoms with van der Waals surface area (Å²) in [4.78, 5) is 15.3. The number of methoxy groups -OCH3 is 1. The van der Waals surface area contributed by atoms with Gasteiger partial charge in [0, 0.05) is 18.3 Å². The van der Waals surface area contributed by atoms with Crippen LogP contribution in [0.5, 0.6) is 5.75 Å². The van der Waals surface area contributed by atoms with Crippen molar-refractivity contribution in [2.75, 3.05) is 12.4 Å². The van der Waals surface area contributed by atoms with Crippen LogP contribution in [-0.4, -0.2) is 24.1 Å². The van der Waals surface area contributed by atoms with Crippen LogP contribution in [0.4, 0.5) is 10.5 Å². The van der Waals surface area contributed by atoms with Crippen LogP contribution in [0.1, 0.15) is 48.3 Å². The van der Waals surface area contributed by atoms with E-state index in [1.54, 1.807) is 31.4 Å². The standard InChI is InChI=1S/C28H29N3O2/c1-33-27-17-9-22(10-18-27)20-31(28(32)30-25-13-7-21(19-29)8-14-25)26-15-11-24(12-16-26)23-5-3-2-4-6-23/h2-10,13-14,17-18,24,26H,11-12,15-16,20H2,1H3,(H,30,32). The van der Waals surface area contributed by atoms with Crippen molar-refractivity contribution >= 4 is 11.7 Å². The molecule has 1 fully saturated rings. The maximum Gasteiger partial charge on any atom is 0.322 e. The first-order chi connectivity index (χ1) is 16.2. The van der Waals surface area contributed by atoms with E-state index in [1.807, 2.05) is 29.2 Å². The number of nitriles is 1. The van der Waals surface area contributed by atoms with Crippen molar-refractivity contribution in [2.24, 2.45) is 0 Å². The number of nitrogens with one attached hydrogen (secondary N) is 1. The summed E-state index contributed by atoms with van der Waals surface area (Å²) in [6.07, 6.45) is 4.07. The van der Waals surface area contributed by atoms with Gasteiger partial charge in [0.2, 0.25) is 0 Å². The molecule has 0 atom stereocenters. The topological polar surface area (TPSA) is 65.4 Å². The maximum absolute atomic E-state index is 13.4. The lowest BCUT2D eigenvalue weighted by Crippen LogP contribution is -2.44. The van der Waals surface area contributed by atoms with Gasteiger partial charge in [0.25, 0.3) is 0 Å². The second-order valence-electron chi connectivity index (χ2n) is 8.51. The number of rotatable bonds is 6. The van der Waals surface area contributed by atoms with Gasteiger partial charge in [-0.15, -0.1) is 0 Å². The Morgan fingerprint density at radius 1 is 0.970 bits per heavy atom. The van der Waals surface area contributed by atoms with Gasteiger partial charge in [0.05, 0.1) is 18.7 Å². The molecular formula is C28H29N3O2. The summed E-state index contributed by atoms with van der Waals surface area (Å²) >= 11 is 0. The molecular weight excluding hydrogens is 410 g/mol. The highest BCUT2D eigenvalue weighted by atomic mass is 16.5. The third-order valence-electron chi connectivity index (χ3n) is 6.45. The van der Waals surface area contributed by atoms with Gasteiger partial charge in [-0.3, -0.25) is 0 Å². The minimum absolute atomic E-state index is 0.112. The molecule has 0 aromatic heterocycles. The molecule has 0 heterocycles. The molecule has 3 aromatic rings. The number of urea groups is 1. The van der Waals surface area contributed by atoms with E-state index in [2.05, 4.69) is 41.7 Å². The molecule has 1 aliphatic rings. The van der Waals surface area contributed by atoms with E-state index < -0.39 is 0 Å². The van der Waals surface area contributed by atoms with Gasteiger partial charge in [0.15, 0.2) is 0 Å². The highest BCUT2D eigenvalue weighted by molar-refractivity contribution is 5.89. The Kier molecular flexibility index (Phi) is 7.26. The molecule has 1 aliphatic carbocycles. The zero-order valence-corrected chi connectivity index (χ0v) is 18.9. The molecule has 0 unspecified atom stereocenters. The molecule has 5 nitrogen and oxygen atoms in total. The van der Waals surface area contributed by atoms with Crippen LogP contribution in [0.3, 0.4) is 0 Å². The number of ether oxygens (including phenoxy) is 1. The molecule has 1 N–H and O–H groups in total. The number of carbonyl (C=O) groups excluding carboxylic acids is 1. The highest BCUT2D eigenvalue weighted by Crippen LogP contribution is 2.35. The zero-order valence-electron chi connectivity index (χ0n) is 18.9. The summed E-state index contributed by atoms with van der Waals surface area (Å²) in [6.45, 7) is 0.535. The van der Waals surface area contributed by atoms with Gasteiger partial charge in [-0.25, -0.2) is 4.79 Å². The molecule has 0 radical (unpaired) electrons. The quantitative estimate of drug-likeness (QED) is 0.488. The Morgan fingerprint density at radius 2 is 1.64 bits per heavy atom. The average Bonchev–Trinajstić information content (AvgIpc) is 2.88. The van der Waals surface area contributed by atoms with Crippen molar-refractivity contribution in [3.8, 4) is 11.8 Å². The van der Waals surface area contributed by atoms with Crippen molar-refractivity contribution < 1.29 is 9.53 Å². The summed E-state index contributed by atoms with van der Waals surface area (Å²) < 4.78 is 5.27. The normalized spacial score (nSPS) is 17.6. The van der Waals surface area contributed by atoms with Crippen LogP contribution in [-0.2, 0) is 6.54 Å². The monoisotopic (exact) mass is 439 g/mol. The summed E-state index contributed by atoms with van der Waals surface area (Å²) in [5.74, 6) is 1.35. The average molecular weight is 440 g/mol. The van der Waals surface area contributed by atoms with Gasteiger partial charge in [-0.05, 0) is 79.1 Å². The van der Waals surface area contributed by atoms with E-state index >= 15 is 0 Å². The summed E-state index contributed by atoms with van der Waals surface area (Å²) in [6, 6.07) is 27.7. The molecule has 2 amide bonds. The SMILES string of the molecule is COc1ccc(CN(C(=O)Nc2ccc(C#N)cc2)C2CCC(c3ccccc3)CC2)cc1. The number of hydrogen-bond donors (Lipinski definition) is 1. The predicted molar refractivity (Wildman–Crippen MR) is 130 cm³/mol. The Hall–Kier alpha value is -3.78. The minimum atomic E-state index is -0.112. The van der Waals surface area contributed by atoms with E-state index in [0.717, 1.165) is 37.0 Å². The van der Waals surface area contributed by atoms with Crippen molar-refractivity contribution in [2.45, 2.75) is 44.2 Å². The van der Waals surface area contributed by atoms with Crippen LogP contribution >= 0.6 is 0 Å². The second kappa shape index (κ2) is 10.7. The van der Waals surface area contributed by atoms with Crippen LogP contribution in [0.25, 0.3) is 0 Å². The van der Waals surface area contributed by atoms with E-state index in [4.69, 9.17) is 10.00 Å². The molecule has 4 rings (SSSR count). The molecule has 5 heteroatoms. The molecule has 3 aromatic carbocycles. The summed E-state index contributed by atoms with van der Waals surface area (Å²) in [7, 11) is 1.65. The molecule has 1 saturated carbocycles. The lowest BCUT2D eigenvalue weighted by Gasteiger charge is -2.37. The number of anilines is 1.